The summed E-state index contributed by atoms with van der Waals surface area (Å²) in [5, 5.41) is 9.01. The van der Waals surface area contributed by atoms with Crippen LogP contribution in [-0.2, 0) is 0 Å². The normalized spacial score (nSPS) is 11.6. The average Bonchev–Trinajstić information content (AvgIpc) is 3.66. The van der Waals surface area contributed by atoms with Crippen molar-refractivity contribution in [1.82, 2.24) is 15.0 Å². The van der Waals surface area contributed by atoms with Crippen LogP contribution in [0.5, 0.6) is 0 Å². The summed E-state index contributed by atoms with van der Waals surface area (Å²) in [5.41, 5.74) is 8.85. The summed E-state index contributed by atoms with van der Waals surface area (Å²) >= 11 is 0. The highest BCUT2D eigenvalue weighted by atomic mass is 16.3. The van der Waals surface area contributed by atoms with Gasteiger partial charge in [-0.25, -0.2) is 15.0 Å². The van der Waals surface area contributed by atoms with Gasteiger partial charge in [0, 0.05) is 33.0 Å². The lowest BCUT2D eigenvalue weighted by Crippen LogP contribution is -2.01. The molecule has 0 bridgehead atoms. The zero-order valence-corrected chi connectivity index (χ0v) is 29.6. The smallest absolute Gasteiger partial charge is 0.164 e. The van der Waals surface area contributed by atoms with Crippen molar-refractivity contribution in [3.63, 3.8) is 0 Å². The summed E-state index contributed by atoms with van der Waals surface area (Å²) in [6.07, 6.45) is 0. The number of fused-ring (bicyclic) bond motifs is 8. The molecule has 55 heavy (non-hydrogen) atoms. The van der Waals surface area contributed by atoms with Gasteiger partial charge in [0.15, 0.2) is 17.5 Å². The minimum absolute atomic E-state index is 0.592. The largest absolute Gasteiger partial charge is 0.455 e. The Morgan fingerprint density at radius 2 is 0.873 bits per heavy atom. The Kier molecular flexibility index (Phi) is 7.14. The maximum Gasteiger partial charge on any atom is 0.164 e. The highest BCUT2D eigenvalue weighted by Gasteiger charge is 2.21. The van der Waals surface area contributed by atoms with Gasteiger partial charge in [0.1, 0.15) is 11.2 Å². The summed E-state index contributed by atoms with van der Waals surface area (Å²) in [6.45, 7) is 0. The minimum Gasteiger partial charge on any atom is -0.455 e. The zero-order chi connectivity index (χ0) is 36.3. The molecule has 0 aliphatic rings. The van der Waals surface area contributed by atoms with Crippen LogP contribution in [0.3, 0.4) is 0 Å². The predicted octanol–water partition coefficient (Wildman–Crippen LogP) is 13.6. The molecule has 0 saturated heterocycles. The lowest BCUT2D eigenvalue weighted by molar-refractivity contribution is 0.670. The van der Waals surface area contributed by atoms with Crippen molar-refractivity contribution in [1.29, 1.82) is 0 Å². The summed E-state index contributed by atoms with van der Waals surface area (Å²) in [5.74, 6) is 1.83. The molecule has 0 N–H and O–H groups in total. The number of rotatable bonds is 5. The first kappa shape index (κ1) is 31.1. The summed E-state index contributed by atoms with van der Waals surface area (Å²) in [4.78, 5) is 15.8. The molecule has 0 radical (unpaired) electrons. The van der Waals surface area contributed by atoms with Gasteiger partial charge >= 0.3 is 0 Å². The number of nitrogens with zero attached hydrogens (tertiary/aromatic N) is 3. The molecule has 2 heterocycles. The summed E-state index contributed by atoms with van der Waals surface area (Å²) in [7, 11) is 0. The van der Waals surface area contributed by atoms with Crippen LogP contribution >= 0.6 is 0 Å². The van der Waals surface area contributed by atoms with Gasteiger partial charge in [-0.3, -0.25) is 0 Å². The van der Waals surface area contributed by atoms with Crippen molar-refractivity contribution < 1.29 is 4.42 Å². The Balaban J connectivity index is 1.18. The molecular formula is C51H31N3O. The Morgan fingerprint density at radius 1 is 0.309 bits per heavy atom. The molecule has 4 heteroatoms. The number of hydrogen-bond acceptors (Lipinski definition) is 4. The van der Waals surface area contributed by atoms with E-state index in [1.807, 2.05) is 36.4 Å². The molecular weight excluding hydrogens is 671 g/mol. The molecule has 0 unspecified atom stereocenters. The first-order chi connectivity index (χ1) is 27.3. The quantitative estimate of drug-likeness (QED) is 0.168. The van der Waals surface area contributed by atoms with Gasteiger partial charge in [-0.15, -0.1) is 0 Å². The Labute approximate surface area is 317 Å². The van der Waals surface area contributed by atoms with Crippen LogP contribution < -0.4 is 0 Å². The van der Waals surface area contributed by atoms with E-state index in [1.54, 1.807) is 0 Å². The third-order valence-corrected chi connectivity index (χ3v) is 10.7. The molecule has 11 aromatic rings. The van der Waals surface area contributed by atoms with Crippen LogP contribution in [0.4, 0.5) is 0 Å². The van der Waals surface area contributed by atoms with E-state index in [1.165, 1.54) is 21.5 Å². The average molecular weight is 702 g/mol. The lowest BCUT2D eigenvalue weighted by Gasteiger charge is -2.14. The summed E-state index contributed by atoms with van der Waals surface area (Å²) < 4.78 is 6.80. The monoisotopic (exact) mass is 701 g/mol. The molecule has 0 fully saturated rings. The number of furan rings is 1. The third-order valence-electron chi connectivity index (χ3n) is 10.7. The fraction of sp³-hybridized carbons (Fsp3) is 0. The van der Waals surface area contributed by atoms with Crippen LogP contribution in [0.2, 0.25) is 0 Å². The van der Waals surface area contributed by atoms with Crippen molar-refractivity contribution in [2.45, 2.75) is 0 Å². The lowest BCUT2D eigenvalue weighted by atomic mass is 9.93. The van der Waals surface area contributed by atoms with Crippen LogP contribution in [0, 0.1) is 0 Å². The van der Waals surface area contributed by atoms with Crippen molar-refractivity contribution >= 4 is 54.3 Å². The highest BCUT2D eigenvalue weighted by Crippen LogP contribution is 2.43. The molecule has 0 aliphatic heterocycles. The van der Waals surface area contributed by atoms with Crippen LogP contribution in [0.25, 0.3) is 111 Å². The number of para-hydroxylation sites is 1. The fourth-order valence-corrected chi connectivity index (χ4v) is 8.21. The molecule has 4 nitrogen and oxygen atoms in total. The molecule has 0 aliphatic carbocycles. The first-order valence-corrected chi connectivity index (χ1v) is 18.5. The van der Waals surface area contributed by atoms with E-state index >= 15 is 0 Å². The van der Waals surface area contributed by atoms with Crippen LogP contribution in [0.1, 0.15) is 0 Å². The zero-order valence-electron chi connectivity index (χ0n) is 29.6. The number of benzene rings is 9. The third kappa shape index (κ3) is 5.11. The topological polar surface area (TPSA) is 51.8 Å². The van der Waals surface area contributed by atoms with E-state index in [0.717, 1.165) is 71.7 Å². The Bertz CT molecular complexity index is 3260. The minimum atomic E-state index is 0.592. The Morgan fingerprint density at radius 3 is 1.69 bits per heavy atom. The van der Waals surface area contributed by atoms with Gasteiger partial charge in [-0.1, -0.05) is 176 Å². The molecule has 9 aromatic carbocycles. The first-order valence-electron chi connectivity index (χ1n) is 18.5. The van der Waals surface area contributed by atoms with E-state index in [4.69, 9.17) is 19.4 Å². The van der Waals surface area contributed by atoms with Crippen molar-refractivity contribution in [3.05, 3.63) is 188 Å². The van der Waals surface area contributed by atoms with E-state index in [0.29, 0.717) is 17.5 Å². The molecule has 256 valence electrons. The second kappa shape index (κ2) is 12.6. The SMILES string of the molecule is c1ccc(-c2nc(-c3cc4c5ccccc5ccc4c4ccccc34)nc(-c3cccc4oc5c(-c6ccccc6-c6ccccc6)cccc5c34)n2)cc1. The molecule has 0 spiro atoms. The molecule has 11 rings (SSSR count). The molecule has 0 amide bonds. The van der Waals surface area contributed by atoms with Crippen molar-refractivity contribution in [2.75, 3.05) is 0 Å². The highest BCUT2D eigenvalue weighted by molar-refractivity contribution is 6.21. The van der Waals surface area contributed by atoms with E-state index in [2.05, 4.69) is 152 Å². The second-order valence-corrected chi connectivity index (χ2v) is 13.9. The second-order valence-electron chi connectivity index (χ2n) is 13.9. The fourth-order valence-electron chi connectivity index (χ4n) is 8.21. The van der Waals surface area contributed by atoms with Gasteiger partial charge in [-0.05, 0) is 61.1 Å². The van der Waals surface area contributed by atoms with Gasteiger partial charge in [0.25, 0.3) is 0 Å². The maximum absolute atomic E-state index is 6.80. The van der Waals surface area contributed by atoms with E-state index in [-0.39, 0.29) is 0 Å². The van der Waals surface area contributed by atoms with Gasteiger partial charge in [0.2, 0.25) is 0 Å². The van der Waals surface area contributed by atoms with E-state index in [9.17, 15) is 0 Å². The van der Waals surface area contributed by atoms with Gasteiger partial charge in [-0.2, -0.15) is 0 Å². The number of hydrogen-bond donors (Lipinski definition) is 0. The summed E-state index contributed by atoms with van der Waals surface area (Å²) in [6, 6.07) is 65.6. The molecule has 0 saturated carbocycles. The van der Waals surface area contributed by atoms with Crippen molar-refractivity contribution in [2.24, 2.45) is 0 Å². The number of aromatic nitrogens is 3. The molecule has 0 atom stereocenters. The van der Waals surface area contributed by atoms with Crippen molar-refractivity contribution in [3.8, 4) is 56.4 Å². The van der Waals surface area contributed by atoms with Gasteiger partial charge in [0.05, 0.1) is 0 Å². The Hall–Kier alpha value is -7.43. The molecule has 2 aromatic heterocycles. The van der Waals surface area contributed by atoms with Crippen LogP contribution in [-0.4, -0.2) is 15.0 Å². The predicted molar refractivity (Wildman–Crippen MR) is 227 cm³/mol. The van der Waals surface area contributed by atoms with E-state index < -0.39 is 0 Å². The van der Waals surface area contributed by atoms with Crippen LogP contribution in [0.15, 0.2) is 192 Å². The van der Waals surface area contributed by atoms with Gasteiger partial charge < -0.3 is 4.42 Å². The maximum atomic E-state index is 6.80. The standard InChI is InChI=1S/C51H31N3O/c1-3-15-32(16-4-1)35-20-9-10-22-37(35)41-25-13-26-42-47-43(27-14-28-46(47)55-48(41)42)50-52-49(34-18-5-2-6-19-34)53-51(54-50)45-31-44-36-21-8-7-17-33(36)29-30-40(44)38-23-11-12-24-39(38)45/h1-31H.